The quantitative estimate of drug-likeness (QED) is 0.568. The Bertz CT molecular complexity index is 389. The fourth-order valence-corrected chi connectivity index (χ4v) is 1.71. The maximum absolute atomic E-state index is 11.7. The van der Waals surface area contributed by atoms with Crippen LogP contribution in [0.1, 0.15) is 49.4 Å². The summed E-state index contributed by atoms with van der Waals surface area (Å²) in [6.45, 7) is 1.71. The molecule has 1 N–H and O–H groups in total. The van der Waals surface area contributed by atoms with Crippen LogP contribution in [0.3, 0.4) is 0 Å². The Morgan fingerprint density at radius 3 is 2.72 bits per heavy atom. The fraction of sp³-hybridized carbons (Fsp3) is 0.500. The van der Waals surface area contributed by atoms with Gasteiger partial charge < -0.3 is 5.11 Å². The van der Waals surface area contributed by atoms with Crippen molar-refractivity contribution in [2.75, 3.05) is 0 Å². The Kier molecular flexibility index (Phi) is 6.05. The third-order valence-electron chi connectivity index (χ3n) is 2.95. The van der Waals surface area contributed by atoms with Crippen molar-refractivity contribution in [1.82, 2.24) is 4.98 Å². The zero-order valence-electron chi connectivity index (χ0n) is 10.6. The third-order valence-corrected chi connectivity index (χ3v) is 2.95. The zero-order chi connectivity index (χ0) is 13.4. The van der Waals surface area contributed by atoms with Crippen LogP contribution < -0.4 is 0 Å². The number of Topliss-reactive ketones (excluding diaryl/α,β-unsaturated/α-hetero) is 1. The van der Waals surface area contributed by atoms with Crippen molar-refractivity contribution in [3.05, 3.63) is 30.1 Å². The number of hydrogen-bond donors (Lipinski definition) is 1. The Labute approximate surface area is 107 Å². The lowest BCUT2D eigenvalue weighted by Gasteiger charge is -2.05. The molecule has 1 atom stereocenters. The molecule has 0 bridgehead atoms. The molecule has 1 rings (SSSR count). The van der Waals surface area contributed by atoms with Gasteiger partial charge in [-0.15, -0.1) is 0 Å². The van der Waals surface area contributed by atoms with Crippen LogP contribution in [-0.2, 0) is 4.79 Å². The first-order chi connectivity index (χ1) is 8.61. The average molecular weight is 249 g/mol. The van der Waals surface area contributed by atoms with Gasteiger partial charge in [-0.2, -0.15) is 0 Å². The molecule has 0 fully saturated rings. The Morgan fingerprint density at radius 2 is 2.11 bits per heavy atom. The number of pyridine rings is 1. The molecule has 0 aliphatic carbocycles. The molecule has 18 heavy (non-hydrogen) atoms. The van der Waals surface area contributed by atoms with Crippen LogP contribution in [0, 0.1) is 5.92 Å². The highest BCUT2D eigenvalue weighted by molar-refractivity contribution is 5.95. The van der Waals surface area contributed by atoms with Crippen molar-refractivity contribution in [3.8, 4) is 0 Å². The molecule has 1 aromatic heterocycles. The Hall–Kier alpha value is -1.71. The van der Waals surface area contributed by atoms with E-state index in [2.05, 4.69) is 4.98 Å². The number of hydrogen-bond acceptors (Lipinski definition) is 3. The van der Waals surface area contributed by atoms with Gasteiger partial charge >= 0.3 is 5.97 Å². The van der Waals surface area contributed by atoms with E-state index in [9.17, 15) is 9.59 Å². The van der Waals surface area contributed by atoms with Gasteiger partial charge in [0.1, 0.15) is 0 Å². The van der Waals surface area contributed by atoms with Crippen molar-refractivity contribution in [3.63, 3.8) is 0 Å². The molecule has 98 valence electrons. The lowest BCUT2D eigenvalue weighted by molar-refractivity contribution is -0.141. The fourth-order valence-electron chi connectivity index (χ4n) is 1.71. The smallest absolute Gasteiger partial charge is 0.306 e. The van der Waals surface area contributed by atoms with Crippen molar-refractivity contribution in [2.45, 2.75) is 39.0 Å². The minimum Gasteiger partial charge on any atom is -0.481 e. The van der Waals surface area contributed by atoms with Crippen LogP contribution in [0.4, 0.5) is 0 Å². The Balaban J connectivity index is 2.15. The normalized spacial score (nSPS) is 12.1. The molecule has 1 heterocycles. The molecule has 0 saturated heterocycles. The molecule has 0 spiro atoms. The van der Waals surface area contributed by atoms with Gasteiger partial charge in [-0.1, -0.05) is 19.8 Å². The first kappa shape index (κ1) is 14.4. The van der Waals surface area contributed by atoms with E-state index in [0.717, 1.165) is 19.3 Å². The van der Waals surface area contributed by atoms with Gasteiger partial charge in [0.2, 0.25) is 0 Å². The minimum atomic E-state index is -0.749. The number of carbonyl (C=O) groups is 2. The average Bonchev–Trinajstić information content (AvgIpc) is 2.38. The molecule has 0 aliphatic rings. The summed E-state index contributed by atoms with van der Waals surface area (Å²) in [4.78, 5) is 26.2. The lowest BCUT2D eigenvalue weighted by atomic mass is 10.0. The van der Waals surface area contributed by atoms with E-state index in [1.54, 1.807) is 31.5 Å². The van der Waals surface area contributed by atoms with Crippen LogP contribution in [0.5, 0.6) is 0 Å². The highest BCUT2D eigenvalue weighted by Gasteiger charge is 2.10. The highest BCUT2D eigenvalue weighted by atomic mass is 16.4. The van der Waals surface area contributed by atoms with Gasteiger partial charge in [0.25, 0.3) is 0 Å². The molecule has 4 heteroatoms. The van der Waals surface area contributed by atoms with Gasteiger partial charge in [0.05, 0.1) is 5.92 Å². The van der Waals surface area contributed by atoms with Gasteiger partial charge in [0.15, 0.2) is 5.78 Å². The molecule has 4 nitrogen and oxygen atoms in total. The number of unbranched alkanes of at least 4 members (excludes halogenated alkanes) is 2. The van der Waals surface area contributed by atoms with Crippen LogP contribution in [0.2, 0.25) is 0 Å². The monoisotopic (exact) mass is 249 g/mol. The maximum Gasteiger partial charge on any atom is 0.306 e. The van der Waals surface area contributed by atoms with Crippen molar-refractivity contribution in [1.29, 1.82) is 0 Å². The molecular formula is C14H19NO3. The number of carboxylic acid groups (broad SMARTS) is 1. The number of aliphatic carboxylic acids is 1. The van der Waals surface area contributed by atoms with Crippen LogP contribution in [0.15, 0.2) is 24.5 Å². The molecule has 0 unspecified atom stereocenters. The van der Waals surface area contributed by atoms with E-state index >= 15 is 0 Å². The number of nitrogens with zero attached hydrogens (tertiary/aromatic N) is 1. The number of carbonyl (C=O) groups excluding carboxylic acids is 1. The highest BCUT2D eigenvalue weighted by Crippen LogP contribution is 2.12. The second-order valence-electron chi connectivity index (χ2n) is 4.50. The van der Waals surface area contributed by atoms with Crippen molar-refractivity contribution < 1.29 is 14.7 Å². The molecule has 0 radical (unpaired) electrons. The topological polar surface area (TPSA) is 67.3 Å². The van der Waals surface area contributed by atoms with Crippen LogP contribution in [0.25, 0.3) is 0 Å². The summed E-state index contributed by atoms with van der Waals surface area (Å²) in [6.07, 6.45) is 6.96. The van der Waals surface area contributed by atoms with E-state index in [1.807, 2.05) is 0 Å². The van der Waals surface area contributed by atoms with E-state index in [0.29, 0.717) is 18.4 Å². The summed E-state index contributed by atoms with van der Waals surface area (Å²) in [5.74, 6) is -0.935. The second kappa shape index (κ2) is 7.58. The summed E-state index contributed by atoms with van der Waals surface area (Å²) >= 11 is 0. The van der Waals surface area contributed by atoms with Gasteiger partial charge in [-0.3, -0.25) is 14.6 Å². The van der Waals surface area contributed by atoms with Crippen molar-refractivity contribution in [2.24, 2.45) is 5.92 Å². The van der Waals surface area contributed by atoms with Gasteiger partial charge in [-0.05, 0) is 25.0 Å². The van der Waals surface area contributed by atoms with E-state index in [1.165, 1.54) is 0 Å². The summed E-state index contributed by atoms with van der Waals surface area (Å²) in [5.41, 5.74) is 0.649. The predicted molar refractivity (Wildman–Crippen MR) is 68.5 cm³/mol. The summed E-state index contributed by atoms with van der Waals surface area (Å²) in [6, 6.07) is 3.52. The molecule has 0 saturated carbocycles. The SMILES string of the molecule is C[C@@H](CCCCCC(=O)c1cccnc1)C(=O)O. The van der Waals surface area contributed by atoms with Crippen molar-refractivity contribution >= 4 is 11.8 Å². The van der Waals surface area contributed by atoms with Crippen LogP contribution in [-0.4, -0.2) is 21.8 Å². The maximum atomic E-state index is 11.7. The number of rotatable bonds is 8. The zero-order valence-corrected chi connectivity index (χ0v) is 10.6. The molecule has 0 aliphatic heterocycles. The first-order valence-electron chi connectivity index (χ1n) is 6.27. The van der Waals surface area contributed by atoms with Gasteiger partial charge in [-0.25, -0.2) is 0 Å². The molecule has 0 aromatic carbocycles. The third kappa shape index (κ3) is 5.08. The van der Waals surface area contributed by atoms with E-state index < -0.39 is 5.97 Å². The number of carboxylic acids is 1. The van der Waals surface area contributed by atoms with Crippen LogP contribution >= 0.6 is 0 Å². The summed E-state index contributed by atoms with van der Waals surface area (Å²) in [7, 11) is 0. The predicted octanol–water partition coefficient (Wildman–Crippen LogP) is 2.94. The molecular weight excluding hydrogens is 230 g/mol. The lowest BCUT2D eigenvalue weighted by Crippen LogP contribution is -2.08. The summed E-state index contributed by atoms with van der Waals surface area (Å²) in [5, 5.41) is 8.71. The molecule has 1 aromatic rings. The Morgan fingerprint density at radius 1 is 1.33 bits per heavy atom. The number of ketones is 1. The number of aromatic nitrogens is 1. The molecule has 0 amide bonds. The first-order valence-corrected chi connectivity index (χ1v) is 6.27. The van der Waals surface area contributed by atoms with Gasteiger partial charge in [0, 0.05) is 24.4 Å². The standard InChI is InChI=1S/C14H19NO3/c1-11(14(17)18)6-3-2-4-8-13(16)12-7-5-9-15-10-12/h5,7,9-11H,2-4,6,8H2,1H3,(H,17,18)/t11-/m0/s1. The minimum absolute atomic E-state index is 0.106. The van der Waals surface area contributed by atoms with E-state index in [4.69, 9.17) is 5.11 Å². The van der Waals surface area contributed by atoms with E-state index in [-0.39, 0.29) is 11.7 Å². The summed E-state index contributed by atoms with van der Waals surface area (Å²) < 4.78 is 0. The second-order valence-corrected chi connectivity index (χ2v) is 4.50. The largest absolute Gasteiger partial charge is 0.481 e.